The number of rotatable bonds is 0. The zero-order valence-corrected chi connectivity index (χ0v) is 5.71. The third-order valence-electron chi connectivity index (χ3n) is 0.474. The molecule has 0 aromatic heterocycles. The maximum absolute atomic E-state index is 10.1. The van der Waals surface area contributed by atoms with Crippen molar-refractivity contribution in [1.82, 2.24) is 0 Å². The van der Waals surface area contributed by atoms with Crippen molar-refractivity contribution in [2.75, 3.05) is 0 Å². The first-order chi connectivity index (χ1) is 3.29. The van der Waals surface area contributed by atoms with Crippen LogP contribution in [0.1, 0.15) is 0 Å². The molecule has 1 aliphatic rings. The van der Waals surface area contributed by atoms with Crippen LogP contribution in [0.2, 0.25) is 6.55 Å². The highest BCUT2D eigenvalue weighted by atomic mass is 31.1. The molecule has 0 radical (unpaired) electrons. The van der Waals surface area contributed by atoms with E-state index in [9.17, 15) is 4.57 Å². The second-order valence-corrected chi connectivity index (χ2v) is 3.83. The molecule has 7 heavy (non-hydrogen) atoms. The lowest BCUT2D eigenvalue weighted by molar-refractivity contribution is -0.0851. The third kappa shape index (κ3) is 1.29. The maximum Gasteiger partial charge on any atom is 0.718 e. The predicted octanol–water partition coefficient (Wildman–Crippen LogP) is 0.472. The number of hydrogen-bond acceptors (Lipinski definition) is 4. The van der Waals surface area contributed by atoms with Gasteiger partial charge >= 0.3 is 17.5 Å². The molecule has 0 bridgehead atoms. The summed E-state index contributed by atoms with van der Waals surface area (Å²) in [7, 11) is -3.53. The van der Waals surface area contributed by atoms with E-state index >= 15 is 0 Å². The molecule has 0 N–H and O–H groups in total. The summed E-state index contributed by atoms with van der Waals surface area (Å²) in [6, 6.07) is 0. The summed E-state index contributed by atoms with van der Waals surface area (Å²) in [5.41, 5.74) is 0. The van der Waals surface area contributed by atoms with Crippen molar-refractivity contribution < 1.29 is 18.0 Å². The van der Waals surface area contributed by atoms with E-state index < -0.39 is 17.5 Å². The molecule has 1 saturated heterocycles. The average Bonchev–Trinajstić information content (AvgIpc) is 1.87. The lowest BCUT2D eigenvalue weighted by Crippen LogP contribution is -2.04. The highest BCUT2D eigenvalue weighted by Gasteiger charge is 2.38. The average molecular weight is 139 g/mol. The minimum Gasteiger partial charge on any atom is -0.202 e. The molecule has 1 heterocycles. The highest BCUT2D eigenvalue weighted by molar-refractivity contribution is 7.35. The minimum absolute atomic E-state index is 1.61. The van der Waals surface area contributed by atoms with Crippen LogP contribution in [0, 0.1) is 0 Å². The van der Waals surface area contributed by atoms with Gasteiger partial charge in [-0.25, -0.2) is 4.58 Å². The smallest absolute Gasteiger partial charge is 0.202 e. The van der Waals surface area contributed by atoms with Gasteiger partial charge in [-0.1, -0.05) is 0 Å². The lowest BCUT2D eigenvalue weighted by atomic mass is 11.9. The van der Waals surface area contributed by atoms with Gasteiger partial charge in [0.25, 0.3) is 0 Å². The van der Waals surface area contributed by atoms with E-state index in [0.717, 1.165) is 0 Å². The molecule has 0 aromatic rings. The van der Waals surface area contributed by atoms with E-state index in [-0.39, 0.29) is 0 Å². The summed E-state index contributed by atoms with van der Waals surface area (Å²) in [6.45, 7) is 1.74. The minimum atomic E-state index is -1.91. The van der Waals surface area contributed by atoms with E-state index in [1.165, 1.54) is 0 Å². The first kappa shape index (κ1) is 5.34. The van der Waals surface area contributed by atoms with Gasteiger partial charge in [0, 0.05) is 9.24 Å². The standard InChI is InChI=1S/CH4O4PSi/c1-7-4-3-6(2)5-7/h7H,1H3/q+1. The second-order valence-electron chi connectivity index (χ2n) is 1.07. The molecule has 1 aliphatic heterocycles. The zero-order valence-electron chi connectivity index (χ0n) is 3.66. The summed E-state index contributed by atoms with van der Waals surface area (Å²) >= 11 is 0. The van der Waals surface area contributed by atoms with Crippen LogP contribution in [0.15, 0.2) is 0 Å². The van der Waals surface area contributed by atoms with Crippen molar-refractivity contribution in [3.05, 3.63) is 0 Å². The largest absolute Gasteiger partial charge is 0.718 e. The van der Waals surface area contributed by atoms with Gasteiger partial charge in [-0.3, -0.25) is 0 Å². The Balaban J connectivity index is 2.40. The highest BCUT2D eigenvalue weighted by Crippen LogP contribution is 2.31. The van der Waals surface area contributed by atoms with Gasteiger partial charge in [0.05, 0.1) is 0 Å². The van der Waals surface area contributed by atoms with Gasteiger partial charge in [-0.15, -0.1) is 4.21 Å². The summed E-state index contributed by atoms with van der Waals surface area (Å²) in [5.74, 6) is 0. The monoisotopic (exact) mass is 139 g/mol. The van der Waals surface area contributed by atoms with Crippen LogP contribution in [0.3, 0.4) is 0 Å². The summed E-state index contributed by atoms with van der Waals surface area (Å²) in [5, 5.41) is 0. The fourth-order valence-electron chi connectivity index (χ4n) is 0.252. The van der Waals surface area contributed by atoms with E-state index in [2.05, 4.69) is 13.5 Å². The molecule has 0 spiro atoms. The third-order valence-corrected chi connectivity index (χ3v) is 3.09. The van der Waals surface area contributed by atoms with E-state index in [4.69, 9.17) is 0 Å². The molecule has 2 unspecified atom stereocenters. The Morgan fingerprint density at radius 1 is 1.71 bits per heavy atom. The Hall–Kier alpha value is 0.197. The van der Waals surface area contributed by atoms with Crippen LogP contribution in [0.4, 0.5) is 0 Å². The Bertz CT molecular complexity index is 93.7. The van der Waals surface area contributed by atoms with Crippen molar-refractivity contribution >= 4 is 17.5 Å². The summed E-state index contributed by atoms with van der Waals surface area (Å²) in [4.78, 5) is 0. The molecular formula is CH4O4PSi+. The van der Waals surface area contributed by atoms with Crippen LogP contribution < -0.4 is 0 Å². The molecule has 0 aliphatic carbocycles. The van der Waals surface area contributed by atoms with E-state index in [1.54, 1.807) is 6.55 Å². The van der Waals surface area contributed by atoms with Crippen molar-refractivity contribution in [3.63, 3.8) is 0 Å². The van der Waals surface area contributed by atoms with Crippen molar-refractivity contribution in [2.45, 2.75) is 6.55 Å². The number of hydrogen-bond donors (Lipinski definition) is 0. The Morgan fingerprint density at radius 2 is 2.43 bits per heavy atom. The first-order valence-corrected chi connectivity index (χ1v) is 4.96. The molecule has 0 aromatic carbocycles. The molecule has 6 heteroatoms. The van der Waals surface area contributed by atoms with Crippen LogP contribution in [0.25, 0.3) is 0 Å². The van der Waals surface area contributed by atoms with Crippen LogP contribution in [0.5, 0.6) is 0 Å². The summed E-state index contributed by atoms with van der Waals surface area (Å²) in [6.07, 6.45) is 0. The van der Waals surface area contributed by atoms with Gasteiger partial charge < -0.3 is 0 Å². The maximum atomic E-state index is 10.1. The fraction of sp³-hybridized carbons (Fsp3) is 1.00. The van der Waals surface area contributed by atoms with Crippen LogP contribution >= 0.6 is 8.25 Å². The molecule has 2 atom stereocenters. The fourth-order valence-corrected chi connectivity index (χ4v) is 2.27. The lowest BCUT2D eigenvalue weighted by Gasteiger charge is -1.76. The van der Waals surface area contributed by atoms with E-state index in [0.29, 0.717) is 0 Å². The SMILES string of the molecule is C[SiH]1OO[P+](=O)O1. The summed E-state index contributed by atoms with van der Waals surface area (Å²) < 4.78 is 23.1. The van der Waals surface area contributed by atoms with Gasteiger partial charge in [0.15, 0.2) is 0 Å². The Labute approximate surface area is 43.1 Å². The normalized spacial score (nSPS) is 36.7. The van der Waals surface area contributed by atoms with Crippen molar-refractivity contribution in [2.24, 2.45) is 0 Å². The molecule has 1 fully saturated rings. The molecule has 0 amide bonds. The van der Waals surface area contributed by atoms with Gasteiger partial charge in [-0.05, 0) is 6.55 Å². The van der Waals surface area contributed by atoms with Gasteiger partial charge in [-0.2, -0.15) is 0 Å². The molecule has 0 saturated carbocycles. The molecule has 1 rings (SSSR count). The quantitative estimate of drug-likeness (QED) is 0.278. The zero-order chi connectivity index (χ0) is 5.28. The molecule has 4 nitrogen and oxygen atoms in total. The Morgan fingerprint density at radius 3 is 2.57 bits per heavy atom. The predicted molar refractivity (Wildman–Crippen MR) is 23.9 cm³/mol. The second kappa shape index (κ2) is 1.98. The first-order valence-electron chi connectivity index (χ1n) is 1.76. The van der Waals surface area contributed by atoms with Gasteiger partial charge in [0.1, 0.15) is 0 Å². The topological polar surface area (TPSA) is 44.8 Å². The molecular weight excluding hydrogens is 135 g/mol. The van der Waals surface area contributed by atoms with Gasteiger partial charge in [0.2, 0.25) is 0 Å². The van der Waals surface area contributed by atoms with Crippen molar-refractivity contribution in [1.29, 1.82) is 0 Å². The van der Waals surface area contributed by atoms with E-state index in [1.807, 2.05) is 0 Å². The van der Waals surface area contributed by atoms with Crippen LogP contribution in [-0.2, 0) is 18.0 Å². The van der Waals surface area contributed by atoms with Crippen LogP contribution in [-0.4, -0.2) is 9.28 Å². The Kier molecular flexibility index (Phi) is 1.51. The van der Waals surface area contributed by atoms with Crippen molar-refractivity contribution in [3.8, 4) is 0 Å². The molecule has 40 valence electrons.